The van der Waals surface area contributed by atoms with E-state index in [4.69, 9.17) is 9.84 Å². The maximum atomic E-state index is 12.5. The van der Waals surface area contributed by atoms with Crippen molar-refractivity contribution >= 4 is 81.6 Å². The lowest BCUT2D eigenvalue weighted by molar-refractivity contribution is -0.140. The minimum absolute atomic E-state index is 0.0535. The normalized spacial score (nSPS) is 14.9. The van der Waals surface area contributed by atoms with Gasteiger partial charge < -0.3 is 14.7 Å². The molecule has 1 saturated heterocycles. The first-order valence-electron chi connectivity index (χ1n) is 6.88. The molecule has 1 aromatic rings. The maximum absolute atomic E-state index is 12.5. The molecule has 0 atom stereocenters. The van der Waals surface area contributed by atoms with Crippen molar-refractivity contribution in [2.45, 2.75) is 13.0 Å². The van der Waals surface area contributed by atoms with E-state index in [1.54, 1.807) is 0 Å². The summed E-state index contributed by atoms with van der Waals surface area (Å²) in [5, 5.41) is 8.91. The molecule has 0 aromatic heterocycles. The molecular formula is C14H12Br4N2O5. The number of methoxy groups -OCH3 is 1. The number of ether oxygens (including phenoxy) is 1. The second-order valence-corrected chi connectivity index (χ2v) is 8.27. The van der Waals surface area contributed by atoms with Crippen molar-refractivity contribution in [2.24, 2.45) is 0 Å². The molecule has 2 rings (SSSR count). The van der Waals surface area contributed by atoms with Gasteiger partial charge in [-0.15, -0.1) is 0 Å². The summed E-state index contributed by atoms with van der Waals surface area (Å²) in [5.74, 6) is -1.04. The van der Waals surface area contributed by atoms with Crippen molar-refractivity contribution in [3.63, 3.8) is 0 Å². The molecule has 1 fully saturated rings. The highest BCUT2D eigenvalue weighted by Gasteiger charge is 2.34. The Hall–Kier alpha value is -0.650. The van der Waals surface area contributed by atoms with Crippen molar-refractivity contribution in [3.8, 4) is 5.75 Å². The summed E-state index contributed by atoms with van der Waals surface area (Å²) in [6.07, 6.45) is 0.0673. The molecule has 7 nitrogen and oxygen atoms in total. The maximum Gasteiger partial charge on any atom is 0.327 e. The predicted octanol–water partition coefficient (Wildman–Crippen LogP) is 3.98. The Bertz CT molecular complexity index is 755. The Morgan fingerprint density at radius 3 is 2.28 bits per heavy atom. The number of benzene rings is 1. The van der Waals surface area contributed by atoms with Gasteiger partial charge in [0.25, 0.3) is 0 Å². The number of carboxylic acid groups (broad SMARTS) is 1. The van der Waals surface area contributed by atoms with E-state index in [1.807, 2.05) is 0 Å². The van der Waals surface area contributed by atoms with Crippen LogP contribution in [-0.4, -0.2) is 53.0 Å². The van der Waals surface area contributed by atoms with Crippen LogP contribution in [-0.2, 0) is 16.1 Å². The monoisotopic (exact) mass is 604 g/mol. The number of hydrogen-bond donors (Lipinski definition) is 1. The average Bonchev–Trinajstić information content (AvgIpc) is 2.56. The molecule has 1 aromatic carbocycles. The summed E-state index contributed by atoms with van der Waals surface area (Å²) in [7, 11) is 1.48. The molecular weight excluding hydrogens is 596 g/mol. The molecule has 0 unspecified atom stereocenters. The number of aliphatic carboxylic acids is 1. The lowest BCUT2D eigenvalue weighted by Crippen LogP contribution is -2.53. The number of urea groups is 1. The van der Waals surface area contributed by atoms with Crippen LogP contribution in [0.3, 0.4) is 0 Å². The molecule has 0 saturated carbocycles. The van der Waals surface area contributed by atoms with Gasteiger partial charge in [-0.2, -0.15) is 0 Å². The van der Waals surface area contributed by atoms with Crippen molar-refractivity contribution in [2.75, 3.05) is 20.2 Å². The van der Waals surface area contributed by atoms with Crippen LogP contribution >= 0.6 is 63.7 Å². The molecule has 0 spiro atoms. The van der Waals surface area contributed by atoms with Gasteiger partial charge in [-0.25, -0.2) is 4.79 Å². The molecule has 1 aliphatic heterocycles. The smallest absolute Gasteiger partial charge is 0.327 e. The SMILES string of the molecule is COc1c(Br)c(Br)c(Br)c(Br)c1CN1C(=O)CCN(CC(=O)O)C1=O. The van der Waals surface area contributed by atoms with Crippen LogP contribution in [0.15, 0.2) is 17.9 Å². The summed E-state index contributed by atoms with van der Waals surface area (Å²) in [4.78, 5) is 37.8. The third-order valence-electron chi connectivity index (χ3n) is 3.56. The highest BCUT2D eigenvalue weighted by atomic mass is 79.9. The molecule has 3 amide bonds. The van der Waals surface area contributed by atoms with E-state index in [0.29, 0.717) is 29.2 Å². The number of halogens is 4. The predicted molar refractivity (Wildman–Crippen MR) is 104 cm³/mol. The summed E-state index contributed by atoms with van der Waals surface area (Å²) in [6.45, 7) is -0.414. The zero-order valence-corrected chi connectivity index (χ0v) is 19.2. The van der Waals surface area contributed by atoms with Crippen molar-refractivity contribution in [1.29, 1.82) is 0 Å². The molecule has 0 radical (unpaired) electrons. The number of nitrogens with zero attached hydrogens (tertiary/aromatic N) is 2. The summed E-state index contributed by atoms with van der Waals surface area (Å²) in [6, 6.07) is -0.636. The zero-order valence-electron chi connectivity index (χ0n) is 12.8. The molecule has 11 heteroatoms. The molecule has 136 valence electrons. The average molecular weight is 608 g/mol. The van der Waals surface area contributed by atoms with Gasteiger partial charge in [0.15, 0.2) is 0 Å². The molecule has 0 aliphatic carbocycles. The minimum Gasteiger partial charge on any atom is -0.495 e. The van der Waals surface area contributed by atoms with Gasteiger partial charge in [0.1, 0.15) is 12.3 Å². The van der Waals surface area contributed by atoms with Crippen LogP contribution < -0.4 is 4.74 Å². The molecule has 1 N–H and O–H groups in total. The summed E-state index contributed by atoms with van der Waals surface area (Å²) < 4.78 is 8.06. The van der Waals surface area contributed by atoms with E-state index in [1.165, 1.54) is 7.11 Å². The van der Waals surface area contributed by atoms with Gasteiger partial charge in [0.05, 0.1) is 22.6 Å². The molecule has 25 heavy (non-hydrogen) atoms. The standard InChI is InChI=1S/C14H12Br4N2O5/c1-25-13-6(9(15)10(16)11(17)12(13)18)4-20-7(21)2-3-19(14(20)24)5-8(22)23/h2-5H2,1H3,(H,22,23). The number of hydrogen-bond acceptors (Lipinski definition) is 4. The van der Waals surface area contributed by atoms with Crippen molar-refractivity contribution < 1.29 is 24.2 Å². The third kappa shape index (κ3) is 4.20. The molecule has 1 aliphatic rings. The highest BCUT2D eigenvalue weighted by Crippen LogP contribution is 2.46. The lowest BCUT2D eigenvalue weighted by atomic mass is 10.1. The Kier molecular flexibility index (Phi) is 6.91. The van der Waals surface area contributed by atoms with Gasteiger partial charge in [-0.3, -0.25) is 14.5 Å². The van der Waals surface area contributed by atoms with Gasteiger partial charge in [-0.1, -0.05) is 0 Å². The van der Waals surface area contributed by atoms with E-state index in [-0.39, 0.29) is 25.4 Å². The largest absolute Gasteiger partial charge is 0.495 e. The second kappa shape index (κ2) is 8.36. The Morgan fingerprint density at radius 1 is 1.12 bits per heavy atom. The van der Waals surface area contributed by atoms with Gasteiger partial charge in [0.2, 0.25) is 5.91 Å². The van der Waals surface area contributed by atoms with Crippen LogP contribution in [0.2, 0.25) is 0 Å². The van der Waals surface area contributed by atoms with E-state index in [9.17, 15) is 14.4 Å². The molecule has 1 heterocycles. The zero-order chi connectivity index (χ0) is 18.9. The number of carbonyl (C=O) groups is 3. The highest BCUT2D eigenvalue weighted by molar-refractivity contribution is 9.15. The first-order valence-corrected chi connectivity index (χ1v) is 10.1. The third-order valence-corrected chi connectivity index (χ3v) is 8.37. The number of carbonyl (C=O) groups excluding carboxylic acids is 2. The van der Waals surface area contributed by atoms with Crippen LogP contribution in [0.5, 0.6) is 5.75 Å². The van der Waals surface area contributed by atoms with Gasteiger partial charge in [0, 0.05) is 27.5 Å². The lowest BCUT2D eigenvalue weighted by Gasteiger charge is -2.33. The van der Waals surface area contributed by atoms with E-state index >= 15 is 0 Å². The Morgan fingerprint density at radius 2 is 1.72 bits per heavy atom. The van der Waals surface area contributed by atoms with E-state index < -0.39 is 18.5 Å². The van der Waals surface area contributed by atoms with Crippen molar-refractivity contribution in [1.82, 2.24) is 9.80 Å². The first-order chi connectivity index (χ1) is 11.7. The Balaban J connectivity index is 2.42. The van der Waals surface area contributed by atoms with Gasteiger partial charge >= 0.3 is 12.0 Å². The fourth-order valence-corrected chi connectivity index (χ4v) is 4.82. The molecule has 0 bridgehead atoms. The van der Waals surface area contributed by atoms with Crippen LogP contribution in [0.25, 0.3) is 0 Å². The van der Waals surface area contributed by atoms with Gasteiger partial charge in [-0.05, 0) is 63.7 Å². The minimum atomic E-state index is -1.13. The first kappa shape index (κ1) is 20.7. The fourth-order valence-electron chi connectivity index (χ4n) is 2.37. The van der Waals surface area contributed by atoms with E-state index in [0.717, 1.165) is 9.80 Å². The number of carboxylic acids is 1. The van der Waals surface area contributed by atoms with E-state index in [2.05, 4.69) is 63.7 Å². The number of rotatable bonds is 5. The van der Waals surface area contributed by atoms with Crippen molar-refractivity contribution in [3.05, 3.63) is 23.5 Å². The second-order valence-electron chi connectivity index (χ2n) is 5.10. The Labute approximate surface area is 177 Å². The quantitative estimate of drug-likeness (QED) is 0.404. The fraction of sp³-hybridized carbons (Fsp3) is 0.357. The summed E-state index contributed by atoms with van der Waals surface area (Å²) >= 11 is 13.7. The summed E-state index contributed by atoms with van der Waals surface area (Å²) in [5.41, 5.74) is 0.573. The number of amides is 3. The van der Waals surface area contributed by atoms with Crippen LogP contribution in [0.4, 0.5) is 4.79 Å². The van der Waals surface area contributed by atoms with Crippen LogP contribution in [0, 0.1) is 0 Å². The van der Waals surface area contributed by atoms with Crippen LogP contribution in [0.1, 0.15) is 12.0 Å². The topological polar surface area (TPSA) is 87.2 Å². The number of imide groups is 1.